The fraction of sp³-hybridized carbons (Fsp3) is 0.565. The van der Waals surface area contributed by atoms with Crippen molar-refractivity contribution in [1.82, 2.24) is 9.88 Å². The normalized spacial score (nSPS) is 21.9. The lowest BCUT2D eigenvalue weighted by molar-refractivity contribution is -0.178. The monoisotopic (exact) mass is 468 g/mol. The Bertz CT molecular complexity index is 936. The van der Waals surface area contributed by atoms with Crippen molar-refractivity contribution >= 4 is 17.3 Å². The molecule has 1 fully saturated rings. The zero-order valence-corrected chi connectivity index (χ0v) is 19.6. The van der Waals surface area contributed by atoms with Gasteiger partial charge in [0.25, 0.3) is 0 Å². The fourth-order valence-corrected chi connectivity index (χ4v) is 5.19. The minimum absolute atomic E-state index is 0.0885. The van der Waals surface area contributed by atoms with Gasteiger partial charge in [0.1, 0.15) is 10.8 Å². The van der Waals surface area contributed by atoms with Gasteiger partial charge in [-0.3, -0.25) is 4.90 Å². The number of carbonyl (C=O) groups is 1. The molecule has 2 aromatic rings. The second-order valence-corrected chi connectivity index (χ2v) is 9.74. The number of likely N-dealkylation sites (tertiary alicyclic amines) is 1. The third kappa shape index (κ3) is 5.63. The Morgan fingerprint density at radius 3 is 2.78 bits per heavy atom. The third-order valence-electron chi connectivity index (χ3n) is 5.83. The highest BCUT2D eigenvalue weighted by Gasteiger charge is 2.47. The van der Waals surface area contributed by atoms with Gasteiger partial charge in [0, 0.05) is 37.3 Å². The number of ether oxygens (including phenoxy) is 2. The maximum Gasteiger partial charge on any atom is 0.387 e. The van der Waals surface area contributed by atoms with Crippen molar-refractivity contribution in [3.05, 3.63) is 34.8 Å². The molecule has 0 saturated carbocycles. The molecule has 3 rings (SSSR count). The topological polar surface area (TPSA) is 71.9 Å². The van der Waals surface area contributed by atoms with E-state index >= 15 is 0 Å². The summed E-state index contributed by atoms with van der Waals surface area (Å²) in [7, 11) is 0. The fourth-order valence-electron chi connectivity index (χ4n) is 4.21. The van der Waals surface area contributed by atoms with Crippen molar-refractivity contribution in [3.63, 3.8) is 0 Å². The molecule has 176 valence electrons. The van der Waals surface area contributed by atoms with Gasteiger partial charge in [-0.15, -0.1) is 11.3 Å². The second kappa shape index (κ2) is 10.2. The molecule has 9 heteroatoms. The van der Waals surface area contributed by atoms with Crippen LogP contribution in [0.25, 0.3) is 10.6 Å². The molecule has 6 nitrogen and oxygen atoms in total. The first-order valence-corrected chi connectivity index (χ1v) is 11.6. The number of carboxylic acid groups (broad SMARTS) is 1. The Balaban J connectivity index is 1.84. The quantitative estimate of drug-likeness (QED) is 0.555. The van der Waals surface area contributed by atoms with E-state index in [2.05, 4.69) is 28.5 Å². The van der Waals surface area contributed by atoms with E-state index in [-0.39, 0.29) is 18.2 Å². The van der Waals surface area contributed by atoms with Crippen molar-refractivity contribution < 1.29 is 28.2 Å². The summed E-state index contributed by atoms with van der Waals surface area (Å²) in [5.74, 6) is -0.351. The van der Waals surface area contributed by atoms with Crippen molar-refractivity contribution in [1.29, 1.82) is 0 Å². The SMILES string of the molecule is CCO[C@@]1(C(=O)O)CC(C(C)C)CN(Cc2cnc(-c3cc(C)ccc3OC(F)F)s2)C1. The number of aryl methyl sites for hydroxylation is 1. The van der Waals surface area contributed by atoms with Gasteiger partial charge in [0.05, 0.1) is 5.56 Å². The highest BCUT2D eigenvalue weighted by Crippen LogP contribution is 2.37. The molecule has 1 unspecified atom stereocenters. The lowest BCUT2D eigenvalue weighted by Crippen LogP contribution is -2.58. The van der Waals surface area contributed by atoms with E-state index in [1.165, 1.54) is 17.4 Å². The standard InChI is InChI=1S/C23H30F2N2O4S/c1-5-30-23(21(28)29)9-16(14(2)3)11-27(13-23)12-17-10-26-20(32-17)18-8-15(4)6-7-19(18)31-22(24)25/h6-8,10,14,16,22H,5,9,11-13H2,1-4H3,(H,28,29)/t16?,23-/m0/s1. The predicted octanol–water partition coefficient (Wildman–Crippen LogP) is 5.06. The summed E-state index contributed by atoms with van der Waals surface area (Å²) in [5, 5.41) is 10.5. The number of thiazole rings is 1. The molecule has 2 heterocycles. The number of aromatic nitrogens is 1. The highest BCUT2D eigenvalue weighted by molar-refractivity contribution is 7.15. The smallest absolute Gasteiger partial charge is 0.387 e. The Morgan fingerprint density at radius 2 is 2.16 bits per heavy atom. The lowest BCUT2D eigenvalue weighted by Gasteiger charge is -2.44. The van der Waals surface area contributed by atoms with Gasteiger partial charge in [-0.25, -0.2) is 9.78 Å². The number of carboxylic acids is 1. The molecule has 1 aliphatic heterocycles. The van der Waals surface area contributed by atoms with Crippen LogP contribution in [-0.4, -0.2) is 52.9 Å². The molecule has 0 radical (unpaired) electrons. The summed E-state index contributed by atoms with van der Waals surface area (Å²) < 4.78 is 36.1. The van der Waals surface area contributed by atoms with E-state index in [9.17, 15) is 18.7 Å². The lowest BCUT2D eigenvalue weighted by atomic mass is 9.79. The number of alkyl halides is 2. The summed E-state index contributed by atoms with van der Waals surface area (Å²) in [4.78, 5) is 19.6. The van der Waals surface area contributed by atoms with Crippen LogP contribution < -0.4 is 4.74 Å². The van der Waals surface area contributed by atoms with E-state index in [1.54, 1.807) is 18.3 Å². The van der Waals surface area contributed by atoms with Gasteiger partial charge in [-0.2, -0.15) is 8.78 Å². The predicted molar refractivity (Wildman–Crippen MR) is 119 cm³/mol. The molecular weight excluding hydrogens is 438 g/mol. The van der Waals surface area contributed by atoms with Crippen LogP contribution >= 0.6 is 11.3 Å². The number of nitrogens with zero attached hydrogens (tertiary/aromatic N) is 2. The molecule has 0 amide bonds. The Morgan fingerprint density at radius 1 is 1.41 bits per heavy atom. The highest BCUT2D eigenvalue weighted by atomic mass is 32.1. The molecule has 1 aliphatic rings. The second-order valence-electron chi connectivity index (χ2n) is 8.62. The van der Waals surface area contributed by atoms with Crippen LogP contribution in [0.4, 0.5) is 8.78 Å². The summed E-state index contributed by atoms with van der Waals surface area (Å²) in [6.07, 6.45) is 2.20. The van der Waals surface area contributed by atoms with Crippen molar-refractivity contribution in [2.24, 2.45) is 11.8 Å². The Hall–Kier alpha value is -2.10. The first-order valence-electron chi connectivity index (χ1n) is 10.7. The number of hydrogen-bond acceptors (Lipinski definition) is 6. The summed E-state index contributed by atoms with van der Waals surface area (Å²) >= 11 is 1.40. The number of rotatable bonds is 9. The largest absolute Gasteiger partial charge is 0.479 e. The van der Waals surface area contributed by atoms with Crippen LogP contribution in [0.5, 0.6) is 5.75 Å². The Kier molecular flexibility index (Phi) is 7.84. The zero-order valence-electron chi connectivity index (χ0n) is 18.8. The molecule has 0 bridgehead atoms. The number of halogens is 2. The molecule has 1 N–H and O–H groups in total. The number of piperidine rings is 1. The van der Waals surface area contributed by atoms with Crippen LogP contribution in [0.3, 0.4) is 0 Å². The molecule has 0 aliphatic carbocycles. The summed E-state index contributed by atoms with van der Waals surface area (Å²) in [5.41, 5.74) is 0.205. The van der Waals surface area contributed by atoms with Crippen LogP contribution in [0, 0.1) is 18.8 Å². The van der Waals surface area contributed by atoms with Gasteiger partial charge in [0.2, 0.25) is 0 Å². The van der Waals surface area contributed by atoms with Crippen LogP contribution in [-0.2, 0) is 16.1 Å². The first kappa shape index (κ1) is 24.5. The van der Waals surface area contributed by atoms with E-state index < -0.39 is 18.2 Å². The van der Waals surface area contributed by atoms with Gasteiger partial charge < -0.3 is 14.6 Å². The van der Waals surface area contributed by atoms with E-state index in [0.717, 1.165) is 17.0 Å². The maximum absolute atomic E-state index is 12.8. The van der Waals surface area contributed by atoms with Crippen molar-refractivity contribution in [2.45, 2.75) is 52.9 Å². The number of aliphatic carboxylic acids is 1. The van der Waals surface area contributed by atoms with Gasteiger partial charge in [0.15, 0.2) is 5.60 Å². The minimum atomic E-state index is -2.92. The molecule has 0 spiro atoms. The summed E-state index contributed by atoms with van der Waals surface area (Å²) in [6.45, 7) is 6.86. The third-order valence-corrected chi connectivity index (χ3v) is 6.85. The maximum atomic E-state index is 12.8. The number of hydrogen-bond donors (Lipinski definition) is 1. The molecule has 1 aromatic heterocycles. The first-order chi connectivity index (χ1) is 15.1. The van der Waals surface area contributed by atoms with Gasteiger partial charge in [-0.05, 0) is 44.2 Å². The van der Waals surface area contributed by atoms with Crippen LogP contribution in [0.2, 0.25) is 0 Å². The zero-order chi connectivity index (χ0) is 23.5. The average Bonchev–Trinajstić information content (AvgIpc) is 3.17. The summed E-state index contributed by atoms with van der Waals surface area (Å²) in [6, 6.07) is 5.02. The van der Waals surface area contributed by atoms with Crippen molar-refractivity contribution in [3.8, 4) is 16.3 Å². The molecule has 32 heavy (non-hydrogen) atoms. The Labute approximate surface area is 191 Å². The van der Waals surface area contributed by atoms with Crippen molar-refractivity contribution in [2.75, 3.05) is 19.7 Å². The van der Waals surface area contributed by atoms with E-state index in [1.807, 2.05) is 13.8 Å². The molecular formula is C23H30F2N2O4S. The minimum Gasteiger partial charge on any atom is -0.479 e. The molecule has 2 atom stereocenters. The van der Waals surface area contributed by atoms with Gasteiger partial charge in [-0.1, -0.05) is 25.5 Å². The molecule has 1 aromatic carbocycles. The van der Waals surface area contributed by atoms with Crippen LogP contribution in [0.15, 0.2) is 24.4 Å². The molecule has 1 saturated heterocycles. The number of benzene rings is 1. The van der Waals surface area contributed by atoms with E-state index in [4.69, 9.17) is 4.74 Å². The van der Waals surface area contributed by atoms with E-state index in [0.29, 0.717) is 36.1 Å². The van der Waals surface area contributed by atoms with Crippen LogP contribution in [0.1, 0.15) is 37.6 Å². The van der Waals surface area contributed by atoms with Gasteiger partial charge >= 0.3 is 12.6 Å². The average molecular weight is 469 g/mol.